The lowest BCUT2D eigenvalue weighted by Crippen LogP contribution is -2.13. The van der Waals surface area contributed by atoms with Crippen LogP contribution in [0.1, 0.15) is 13.3 Å². The van der Waals surface area contributed by atoms with Gasteiger partial charge in [0.15, 0.2) is 0 Å². The molecule has 0 fully saturated rings. The lowest BCUT2D eigenvalue weighted by atomic mass is 10.0. The highest BCUT2D eigenvalue weighted by Crippen LogP contribution is 2.20. The minimum Gasteiger partial charge on any atom is -0.282 e. The molecule has 1 heteroatoms. The third-order valence-electron chi connectivity index (χ3n) is 1.47. The molecule has 1 unspecified atom stereocenters. The van der Waals surface area contributed by atoms with E-state index in [1.807, 2.05) is 18.4 Å². The summed E-state index contributed by atoms with van der Waals surface area (Å²) >= 11 is 0. The summed E-state index contributed by atoms with van der Waals surface area (Å²) in [5, 5.41) is 0. The number of aliphatic imine (C=N–C) groups is 1. The van der Waals surface area contributed by atoms with Gasteiger partial charge >= 0.3 is 0 Å². The summed E-state index contributed by atoms with van der Waals surface area (Å²) in [6.07, 6.45) is 8.73. The van der Waals surface area contributed by atoms with Gasteiger partial charge in [0, 0.05) is 6.21 Å². The van der Waals surface area contributed by atoms with Gasteiger partial charge in [0.2, 0.25) is 0 Å². The molecule has 0 aliphatic carbocycles. The van der Waals surface area contributed by atoms with Crippen molar-refractivity contribution in [2.45, 2.75) is 18.9 Å². The molecule has 1 heterocycles. The molecule has 0 aromatic heterocycles. The van der Waals surface area contributed by atoms with Gasteiger partial charge in [-0.05, 0) is 19.4 Å². The Kier molecular flexibility index (Phi) is 1.52. The van der Waals surface area contributed by atoms with E-state index >= 15 is 0 Å². The average Bonchev–Trinajstić information content (AvgIpc) is 2.16. The summed E-state index contributed by atoms with van der Waals surface area (Å²) in [7, 11) is 0. The summed E-state index contributed by atoms with van der Waals surface area (Å²) in [5.74, 6) is 0. The van der Waals surface area contributed by atoms with Crippen molar-refractivity contribution in [3.05, 3.63) is 24.8 Å². The Morgan fingerprint density at radius 2 is 2.56 bits per heavy atom. The van der Waals surface area contributed by atoms with Gasteiger partial charge in [-0.2, -0.15) is 0 Å². The van der Waals surface area contributed by atoms with Crippen LogP contribution in [0.15, 0.2) is 29.8 Å². The fraction of sp³-hybridized carbons (Fsp3) is 0.375. The van der Waals surface area contributed by atoms with E-state index in [1.165, 1.54) is 0 Å². The number of nitrogens with zero attached hydrogens (tertiary/aromatic N) is 1. The van der Waals surface area contributed by atoms with Crippen LogP contribution >= 0.6 is 0 Å². The van der Waals surface area contributed by atoms with Crippen molar-refractivity contribution >= 4 is 6.21 Å². The molecule has 0 spiro atoms. The first-order valence-corrected chi connectivity index (χ1v) is 3.11. The largest absolute Gasteiger partial charge is 0.282 e. The Morgan fingerprint density at radius 3 is 3.00 bits per heavy atom. The van der Waals surface area contributed by atoms with Gasteiger partial charge in [0.05, 0.1) is 5.54 Å². The van der Waals surface area contributed by atoms with Crippen molar-refractivity contribution in [3.63, 3.8) is 0 Å². The van der Waals surface area contributed by atoms with Crippen molar-refractivity contribution in [2.75, 3.05) is 0 Å². The van der Waals surface area contributed by atoms with Gasteiger partial charge in [-0.25, -0.2) is 0 Å². The van der Waals surface area contributed by atoms with E-state index < -0.39 is 0 Å². The minimum atomic E-state index is 0.0156. The highest BCUT2D eigenvalue weighted by atomic mass is 14.8. The van der Waals surface area contributed by atoms with Gasteiger partial charge in [-0.3, -0.25) is 4.99 Å². The monoisotopic (exact) mass is 121 g/mol. The van der Waals surface area contributed by atoms with E-state index in [2.05, 4.69) is 24.6 Å². The van der Waals surface area contributed by atoms with Crippen molar-refractivity contribution in [1.82, 2.24) is 0 Å². The molecule has 0 saturated heterocycles. The Bertz CT molecular complexity index is 153. The number of hydrogen-bond donors (Lipinski definition) is 0. The van der Waals surface area contributed by atoms with Crippen LogP contribution in [0.25, 0.3) is 0 Å². The minimum absolute atomic E-state index is 0.0156. The second-order valence-corrected chi connectivity index (χ2v) is 2.49. The number of rotatable bonds is 2. The molecule has 9 heavy (non-hydrogen) atoms. The molecule has 0 aromatic rings. The number of hydrogen-bond acceptors (Lipinski definition) is 1. The molecular weight excluding hydrogens is 110 g/mol. The predicted octanol–water partition coefficient (Wildman–Crippen LogP) is 1.96. The predicted molar refractivity (Wildman–Crippen MR) is 40.9 cm³/mol. The Labute approximate surface area is 55.8 Å². The number of allylic oxidation sites excluding steroid dienone is 1. The van der Waals surface area contributed by atoms with Crippen LogP contribution in [0.3, 0.4) is 0 Å². The quantitative estimate of drug-likeness (QED) is 0.495. The maximum atomic E-state index is 4.25. The van der Waals surface area contributed by atoms with E-state index in [-0.39, 0.29) is 5.54 Å². The van der Waals surface area contributed by atoms with E-state index in [0.29, 0.717) is 0 Å². The van der Waals surface area contributed by atoms with E-state index in [1.54, 1.807) is 0 Å². The first-order valence-electron chi connectivity index (χ1n) is 3.11. The van der Waals surface area contributed by atoms with Crippen molar-refractivity contribution in [1.29, 1.82) is 0 Å². The van der Waals surface area contributed by atoms with E-state index in [4.69, 9.17) is 0 Å². The average molecular weight is 121 g/mol. The summed E-state index contributed by atoms with van der Waals surface area (Å²) in [4.78, 5) is 4.25. The summed E-state index contributed by atoms with van der Waals surface area (Å²) in [6, 6.07) is 0. The van der Waals surface area contributed by atoms with Gasteiger partial charge in [0.25, 0.3) is 0 Å². The standard InChI is InChI=1S/C8H11N/c1-3-5-8(2)6-4-7-9-8/h3-4,6-7H,1,5H2,2H3. The first-order chi connectivity index (χ1) is 4.27. The van der Waals surface area contributed by atoms with Gasteiger partial charge < -0.3 is 0 Å². The normalized spacial score (nSPS) is 31.2. The fourth-order valence-corrected chi connectivity index (χ4v) is 0.920. The molecule has 1 atom stereocenters. The molecule has 0 aromatic carbocycles. The van der Waals surface area contributed by atoms with Crippen LogP contribution in [0, 0.1) is 0 Å². The highest BCUT2D eigenvalue weighted by molar-refractivity contribution is 5.75. The molecule has 1 nitrogen and oxygen atoms in total. The summed E-state index contributed by atoms with van der Waals surface area (Å²) < 4.78 is 0. The topological polar surface area (TPSA) is 12.4 Å². The SMILES string of the molecule is C=CCC1(C)C=CC=N1. The van der Waals surface area contributed by atoms with E-state index in [0.717, 1.165) is 6.42 Å². The molecule has 0 radical (unpaired) electrons. The van der Waals surface area contributed by atoms with Crippen LogP contribution in [-0.4, -0.2) is 11.8 Å². The summed E-state index contributed by atoms with van der Waals surface area (Å²) in [6.45, 7) is 5.75. The third-order valence-corrected chi connectivity index (χ3v) is 1.47. The Morgan fingerprint density at radius 1 is 1.78 bits per heavy atom. The Hall–Kier alpha value is -0.850. The molecule has 0 amide bonds. The van der Waals surface area contributed by atoms with Crippen molar-refractivity contribution in [2.24, 2.45) is 4.99 Å². The van der Waals surface area contributed by atoms with E-state index in [9.17, 15) is 0 Å². The molecule has 1 aliphatic rings. The maximum absolute atomic E-state index is 4.25. The second-order valence-electron chi connectivity index (χ2n) is 2.49. The van der Waals surface area contributed by atoms with Gasteiger partial charge in [-0.15, -0.1) is 6.58 Å². The smallest absolute Gasteiger partial charge is 0.0797 e. The first kappa shape index (κ1) is 6.27. The third kappa shape index (κ3) is 1.28. The second kappa shape index (κ2) is 2.18. The van der Waals surface area contributed by atoms with Crippen molar-refractivity contribution < 1.29 is 0 Å². The zero-order chi connectivity index (χ0) is 6.74. The lowest BCUT2D eigenvalue weighted by Gasteiger charge is -2.14. The molecular formula is C8H11N. The van der Waals surface area contributed by atoms with Crippen molar-refractivity contribution in [3.8, 4) is 0 Å². The van der Waals surface area contributed by atoms with Gasteiger partial charge in [-0.1, -0.05) is 12.2 Å². The highest BCUT2D eigenvalue weighted by Gasteiger charge is 2.18. The van der Waals surface area contributed by atoms with Crippen LogP contribution in [0.4, 0.5) is 0 Å². The molecule has 48 valence electrons. The lowest BCUT2D eigenvalue weighted by molar-refractivity contribution is 0.610. The van der Waals surface area contributed by atoms with Crippen LogP contribution in [-0.2, 0) is 0 Å². The Balaban J connectivity index is 2.63. The van der Waals surface area contributed by atoms with Crippen LogP contribution < -0.4 is 0 Å². The van der Waals surface area contributed by atoms with Crippen LogP contribution in [0.5, 0.6) is 0 Å². The molecule has 0 bridgehead atoms. The maximum Gasteiger partial charge on any atom is 0.0797 e. The molecule has 0 saturated carbocycles. The molecule has 1 aliphatic heterocycles. The molecule has 1 rings (SSSR count). The van der Waals surface area contributed by atoms with Gasteiger partial charge in [0.1, 0.15) is 0 Å². The van der Waals surface area contributed by atoms with Crippen LogP contribution in [0.2, 0.25) is 0 Å². The summed E-state index contributed by atoms with van der Waals surface area (Å²) in [5.41, 5.74) is 0.0156. The zero-order valence-electron chi connectivity index (χ0n) is 5.67. The fourth-order valence-electron chi connectivity index (χ4n) is 0.920. The molecule has 0 N–H and O–H groups in total. The zero-order valence-corrected chi connectivity index (χ0v) is 5.67.